The zero-order valence-corrected chi connectivity index (χ0v) is 12.7. The molecule has 0 fully saturated rings. The number of carbonyl (C=O) groups excluding carboxylic acids is 1. The summed E-state index contributed by atoms with van der Waals surface area (Å²) in [4.78, 5) is 22.4. The monoisotopic (exact) mass is 319 g/mol. The SMILES string of the molecule is CC(=O)Nc1cccc(/C(C)=N\Nc2cn[nH]c(=O)c2Cl)c1. The summed E-state index contributed by atoms with van der Waals surface area (Å²) >= 11 is 5.84. The molecule has 0 unspecified atom stereocenters. The van der Waals surface area contributed by atoms with Gasteiger partial charge in [0, 0.05) is 12.6 Å². The lowest BCUT2D eigenvalue weighted by molar-refractivity contribution is -0.114. The van der Waals surface area contributed by atoms with Gasteiger partial charge in [0.15, 0.2) is 0 Å². The van der Waals surface area contributed by atoms with Crippen LogP contribution in [0.2, 0.25) is 5.02 Å². The predicted octanol–water partition coefficient (Wildman–Crippen LogP) is 2.22. The Labute approximate surface area is 131 Å². The van der Waals surface area contributed by atoms with Crippen molar-refractivity contribution in [3.05, 3.63) is 51.4 Å². The van der Waals surface area contributed by atoms with Crippen LogP contribution in [0.3, 0.4) is 0 Å². The molecule has 0 spiro atoms. The van der Waals surface area contributed by atoms with Crippen LogP contribution in [-0.2, 0) is 4.79 Å². The van der Waals surface area contributed by atoms with Gasteiger partial charge in [-0.1, -0.05) is 23.7 Å². The fraction of sp³-hybridized carbons (Fsp3) is 0.143. The van der Waals surface area contributed by atoms with Gasteiger partial charge in [-0.25, -0.2) is 5.10 Å². The number of hydrogen-bond donors (Lipinski definition) is 3. The third kappa shape index (κ3) is 3.92. The molecule has 114 valence electrons. The van der Waals surface area contributed by atoms with Crippen LogP contribution in [0.5, 0.6) is 0 Å². The van der Waals surface area contributed by atoms with Gasteiger partial charge < -0.3 is 5.32 Å². The van der Waals surface area contributed by atoms with Crippen molar-refractivity contribution in [2.75, 3.05) is 10.7 Å². The molecule has 8 heteroatoms. The van der Waals surface area contributed by atoms with E-state index < -0.39 is 5.56 Å². The molecule has 0 aliphatic rings. The van der Waals surface area contributed by atoms with E-state index in [1.54, 1.807) is 25.1 Å². The number of aromatic nitrogens is 2. The highest BCUT2D eigenvalue weighted by atomic mass is 35.5. The number of halogens is 1. The molecule has 22 heavy (non-hydrogen) atoms. The number of benzene rings is 1. The van der Waals surface area contributed by atoms with Crippen molar-refractivity contribution < 1.29 is 4.79 Å². The van der Waals surface area contributed by atoms with E-state index in [0.29, 0.717) is 17.1 Å². The standard InChI is InChI=1S/C14H14ClN5O2/c1-8(10-4-3-5-11(6-10)17-9(2)21)18-19-12-7-16-20-14(22)13(12)15/h3-7H,1-2H3,(H,17,21)(H2,19,20,22)/b18-8-. The van der Waals surface area contributed by atoms with Crippen LogP contribution in [0, 0.1) is 0 Å². The number of rotatable bonds is 4. The van der Waals surface area contributed by atoms with Crippen LogP contribution in [0.1, 0.15) is 19.4 Å². The summed E-state index contributed by atoms with van der Waals surface area (Å²) in [6.07, 6.45) is 1.37. The van der Waals surface area contributed by atoms with Gasteiger partial charge in [0.1, 0.15) is 10.7 Å². The van der Waals surface area contributed by atoms with Gasteiger partial charge >= 0.3 is 0 Å². The number of nitrogens with zero attached hydrogens (tertiary/aromatic N) is 2. The Hall–Kier alpha value is -2.67. The zero-order chi connectivity index (χ0) is 16.1. The summed E-state index contributed by atoms with van der Waals surface area (Å²) in [5.74, 6) is -0.147. The molecule has 1 amide bonds. The maximum atomic E-state index is 11.3. The van der Waals surface area contributed by atoms with Crippen molar-refractivity contribution >= 4 is 34.6 Å². The van der Waals surface area contributed by atoms with Gasteiger partial charge in [0.25, 0.3) is 5.56 Å². The van der Waals surface area contributed by atoms with Crippen molar-refractivity contribution in [2.45, 2.75) is 13.8 Å². The number of hydrogen-bond acceptors (Lipinski definition) is 5. The quantitative estimate of drug-likeness (QED) is 0.594. The Bertz CT molecular complexity index is 785. The van der Waals surface area contributed by atoms with E-state index in [-0.39, 0.29) is 10.9 Å². The molecule has 7 nitrogen and oxygen atoms in total. The second kappa shape index (κ2) is 6.86. The molecule has 1 aromatic carbocycles. The lowest BCUT2D eigenvalue weighted by atomic mass is 10.1. The molecule has 0 atom stereocenters. The minimum absolute atomic E-state index is 0.0152. The van der Waals surface area contributed by atoms with Crippen molar-refractivity contribution in [2.24, 2.45) is 5.10 Å². The zero-order valence-electron chi connectivity index (χ0n) is 12.0. The number of hydrazone groups is 1. The second-order valence-electron chi connectivity index (χ2n) is 4.50. The molecular weight excluding hydrogens is 306 g/mol. The Balaban J connectivity index is 2.20. The third-order valence-electron chi connectivity index (χ3n) is 2.74. The fourth-order valence-corrected chi connectivity index (χ4v) is 1.83. The van der Waals surface area contributed by atoms with Crippen LogP contribution in [0.4, 0.5) is 11.4 Å². The van der Waals surface area contributed by atoms with Crippen molar-refractivity contribution in [3.63, 3.8) is 0 Å². The molecular formula is C14H14ClN5O2. The maximum absolute atomic E-state index is 11.3. The maximum Gasteiger partial charge on any atom is 0.285 e. The summed E-state index contributed by atoms with van der Waals surface area (Å²) in [7, 11) is 0. The van der Waals surface area contributed by atoms with Gasteiger partial charge in [0.2, 0.25) is 5.91 Å². The molecule has 0 saturated carbocycles. The average Bonchev–Trinajstić information content (AvgIpc) is 2.48. The molecule has 2 aromatic rings. The highest BCUT2D eigenvalue weighted by Crippen LogP contribution is 2.15. The number of amides is 1. The minimum atomic E-state index is -0.493. The van der Waals surface area contributed by atoms with Gasteiger partial charge in [0.05, 0.1) is 11.9 Å². The molecule has 3 N–H and O–H groups in total. The van der Waals surface area contributed by atoms with E-state index in [9.17, 15) is 9.59 Å². The van der Waals surface area contributed by atoms with Crippen LogP contribution >= 0.6 is 11.6 Å². The summed E-state index contributed by atoms with van der Waals surface area (Å²) in [6, 6.07) is 7.23. The number of H-pyrrole nitrogens is 1. The molecule has 0 aliphatic carbocycles. The summed E-state index contributed by atoms with van der Waals surface area (Å²) < 4.78 is 0. The summed E-state index contributed by atoms with van der Waals surface area (Å²) in [5, 5.41) is 12.7. The summed E-state index contributed by atoms with van der Waals surface area (Å²) in [5.41, 5.74) is 4.66. The first-order valence-corrected chi connectivity index (χ1v) is 6.76. The van der Waals surface area contributed by atoms with Crippen LogP contribution < -0.4 is 16.3 Å². The van der Waals surface area contributed by atoms with Crippen LogP contribution in [0.25, 0.3) is 0 Å². The third-order valence-corrected chi connectivity index (χ3v) is 3.12. The van der Waals surface area contributed by atoms with Gasteiger partial charge in [-0.15, -0.1) is 0 Å². The Morgan fingerprint density at radius 1 is 1.36 bits per heavy atom. The molecule has 1 aromatic heterocycles. The van der Waals surface area contributed by atoms with Gasteiger partial charge in [-0.3, -0.25) is 15.0 Å². The normalized spacial score (nSPS) is 11.1. The van der Waals surface area contributed by atoms with Crippen molar-refractivity contribution in [3.8, 4) is 0 Å². The first kappa shape index (κ1) is 15.7. The van der Waals surface area contributed by atoms with E-state index in [4.69, 9.17) is 11.6 Å². The Morgan fingerprint density at radius 3 is 2.86 bits per heavy atom. The molecule has 1 heterocycles. The molecule has 0 saturated heterocycles. The first-order valence-electron chi connectivity index (χ1n) is 6.39. The lowest BCUT2D eigenvalue weighted by Crippen LogP contribution is -2.11. The summed E-state index contributed by atoms with van der Waals surface area (Å²) in [6.45, 7) is 3.23. The second-order valence-corrected chi connectivity index (χ2v) is 4.88. The van der Waals surface area contributed by atoms with Gasteiger partial charge in [-0.05, 0) is 24.6 Å². The van der Waals surface area contributed by atoms with E-state index in [1.165, 1.54) is 13.1 Å². The van der Waals surface area contributed by atoms with Crippen molar-refractivity contribution in [1.82, 2.24) is 10.2 Å². The van der Waals surface area contributed by atoms with E-state index in [0.717, 1.165) is 5.56 Å². The highest BCUT2D eigenvalue weighted by molar-refractivity contribution is 6.32. The highest BCUT2D eigenvalue weighted by Gasteiger charge is 2.05. The predicted molar refractivity (Wildman–Crippen MR) is 86.4 cm³/mol. The fourth-order valence-electron chi connectivity index (χ4n) is 1.70. The minimum Gasteiger partial charge on any atom is -0.326 e. The Kier molecular flexibility index (Phi) is 4.90. The number of aromatic amines is 1. The Morgan fingerprint density at radius 2 is 2.14 bits per heavy atom. The smallest absolute Gasteiger partial charge is 0.285 e. The molecule has 2 rings (SSSR count). The van der Waals surface area contributed by atoms with Gasteiger partial charge in [-0.2, -0.15) is 10.2 Å². The van der Waals surface area contributed by atoms with E-state index >= 15 is 0 Å². The molecule has 0 aliphatic heterocycles. The van der Waals surface area contributed by atoms with Crippen LogP contribution in [0.15, 0.2) is 40.4 Å². The van der Waals surface area contributed by atoms with Crippen LogP contribution in [-0.4, -0.2) is 21.8 Å². The van der Waals surface area contributed by atoms with E-state index in [2.05, 4.69) is 26.0 Å². The number of nitrogens with one attached hydrogen (secondary N) is 3. The number of anilines is 2. The molecule has 0 radical (unpaired) electrons. The van der Waals surface area contributed by atoms with Crippen molar-refractivity contribution in [1.29, 1.82) is 0 Å². The number of carbonyl (C=O) groups is 1. The lowest BCUT2D eigenvalue weighted by Gasteiger charge is -2.07. The first-order chi connectivity index (χ1) is 10.5. The van der Waals surface area contributed by atoms with E-state index in [1.807, 2.05) is 6.07 Å². The topological polar surface area (TPSA) is 99.2 Å². The molecule has 0 bridgehead atoms. The average molecular weight is 320 g/mol. The largest absolute Gasteiger partial charge is 0.326 e.